The molecule has 3 nitrogen and oxygen atoms in total. The zero-order valence-corrected chi connectivity index (χ0v) is 11.5. The molecule has 0 amide bonds. The molecule has 3 heteroatoms. The molecule has 0 aromatic heterocycles. The summed E-state index contributed by atoms with van der Waals surface area (Å²) in [7, 11) is 1.70. The van der Waals surface area contributed by atoms with Crippen LogP contribution in [0.2, 0.25) is 0 Å². The first-order chi connectivity index (χ1) is 8.36. The fraction of sp³-hybridized carbons (Fsp3) is 1.00. The molecule has 0 spiro atoms. The van der Waals surface area contributed by atoms with Gasteiger partial charge in [-0.15, -0.1) is 0 Å². The second-order valence-corrected chi connectivity index (χ2v) is 5.10. The molecule has 1 fully saturated rings. The van der Waals surface area contributed by atoms with Crippen molar-refractivity contribution in [3.05, 3.63) is 0 Å². The largest absolute Gasteiger partial charge is 0.382 e. The lowest BCUT2D eigenvalue weighted by molar-refractivity contribution is 0.0714. The SMILES string of the molecule is CCC1CCC(CNCCOCCOC)CC1. The van der Waals surface area contributed by atoms with E-state index in [0.717, 1.165) is 25.0 Å². The van der Waals surface area contributed by atoms with Crippen LogP contribution in [0, 0.1) is 11.8 Å². The van der Waals surface area contributed by atoms with Crippen molar-refractivity contribution in [2.45, 2.75) is 39.0 Å². The minimum atomic E-state index is 0.695. The first kappa shape index (κ1) is 14.9. The van der Waals surface area contributed by atoms with Gasteiger partial charge in [-0.25, -0.2) is 0 Å². The highest BCUT2D eigenvalue weighted by Gasteiger charge is 2.19. The third-order valence-electron chi connectivity index (χ3n) is 3.83. The molecule has 1 N–H and O–H groups in total. The van der Waals surface area contributed by atoms with E-state index < -0.39 is 0 Å². The van der Waals surface area contributed by atoms with Crippen LogP contribution >= 0.6 is 0 Å². The zero-order valence-electron chi connectivity index (χ0n) is 11.5. The average Bonchev–Trinajstić information content (AvgIpc) is 2.38. The molecular weight excluding hydrogens is 214 g/mol. The molecule has 0 aromatic rings. The number of ether oxygens (including phenoxy) is 2. The monoisotopic (exact) mass is 243 g/mol. The van der Waals surface area contributed by atoms with Gasteiger partial charge in [-0.1, -0.05) is 26.2 Å². The van der Waals surface area contributed by atoms with Crippen molar-refractivity contribution < 1.29 is 9.47 Å². The Labute approximate surface area is 106 Å². The molecule has 1 saturated carbocycles. The van der Waals surface area contributed by atoms with Gasteiger partial charge in [0.2, 0.25) is 0 Å². The predicted octanol–water partition coefficient (Wildman–Crippen LogP) is 2.46. The summed E-state index contributed by atoms with van der Waals surface area (Å²) in [5.74, 6) is 1.90. The normalized spacial score (nSPS) is 25.1. The summed E-state index contributed by atoms with van der Waals surface area (Å²) in [5, 5.41) is 3.50. The Kier molecular flexibility index (Phi) is 8.67. The van der Waals surface area contributed by atoms with Gasteiger partial charge in [0.05, 0.1) is 19.8 Å². The summed E-state index contributed by atoms with van der Waals surface area (Å²) in [5.41, 5.74) is 0. The lowest BCUT2D eigenvalue weighted by atomic mass is 9.81. The zero-order chi connectivity index (χ0) is 12.3. The summed E-state index contributed by atoms with van der Waals surface area (Å²) in [6.07, 6.45) is 7.07. The molecule has 0 atom stereocenters. The lowest BCUT2D eigenvalue weighted by Crippen LogP contribution is -2.29. The lowest BCUT2D eigenvalue weighted by Gasteiger charge is -2.27. The third kappa shape index (κ3) is 7.02. The van der Waals surface area contributed by atoms with E-state index in [4.69, 9.17) is 9.47 Å². The van der Waals surface area contributed by atoms with E-state index >= 15 is 0 Å². The maximum absolute atomic E-state index is 5.41. The van der Waals surface area contributed by atoms with Crippen LogP contribution in [-0.2, 0) is 9.47 Å². The standard InChI is InChI=1S/C14H29NO2/c1-3-13-4-6-14(7-5-13)12-15-8-9-17-11-10-16-2/h13-15H,3-12H2,1-2H3. The molecule has 1 aliphatic rings. The van der Waals surface area contributed by atoms with Gasteiger partial charge in [-0.3, -0.25) is 0 Å². The quantitative estimate of drug-likeness (QED) is 0.631. The van der Waals surface area contributed by atoms with Gasteiger partial charge >= 0.3 is 0 Å². The van der Waals surface area contributed by atoms with Gasteiger partial charge in [-0.2, -0.15) is 0 Å². The molecule has 0 aliphatic heterocycles. The Morgan fingerprint density at radius 3 is 2.35 bits per heavy atom. The Morgan fingerprint density at radius 1 is 1.00 bits per heavy atom. The molecule has 0 radical (unpaired) electrons. The molecule has 1 rings (SSSR count). The maximum Gasteiger partial charge on any atom is 0.0700 e. The average molecular weight is 243 g/mol. The van der Waals surface area contributed by atoms with Crippen LogP contribution in [0.3, 0.4) is 0 Å². The van der Waals surface area contributed by atoms with Crippen molar-refractivity contribution in [2.75, 3.05) is 40.0 Å². The minimum absolute atomic E-state index is 0.695. The van der Waals surface area contributed by atoms with Gasteiger partial charge in [0.1, 0.15) is 0 Å². The molecule has 0 unspecified atom stereocenters. The van der Waals surface area contributed by atoms with Crippen LogP contribution in [0.5, 0.6) is 0 Å². The highest BCUT2D eigenvalue weighted by molar-refractivity contribution is 4.73. The van der Waals surface area contributed by atoms with Crippen LogP contribution in [0.15, 0.2) is 0 Å². The molecular formula is C14H29NO2. The predicted molar refractivity (Wildman–Crippen MR) is 71.3 cm³/mol. The van der Waals surface area contributed by atoms with E-state index in [2.05, 4.69) is 12.2 Å². The van der Waals surface area contributed by atoms with Gasteiger partial charge in [-0.05, 0) is 31.2 Å². The van der Waals surface area contributed by atoms with E-state index in [1.54, 1.807) is 7.11 Å². The van der Waals surface area contributed by atoms with Crippen LogP contribution in [0.1, 0.15) is 39.0 Å². The third-order valence-corrected chi connectivity index (χ3v) is 3.83. The molecule has 0 aromatic carbocycles. The summed E-state index contributed by atoms with van der Waals surface area (Å²) >= 11 is 0. The molecule has 0 saturated heterocycles. The van der Waals surface area contributed by atoms with E-state index in [1.165, 1.54) is 38.6 Å². The number of methoxy groups -OCH3 is 1. The van der Waals surface area contributed by atoms with Crippen LogP contribution < -0.4 is 5.32 Å². The number of hydrogen-bond donors (Lipinski definition) is 1. The number of nitrogens with one attached hydrogen (secondary N) is 1. The molecule has 102 valence electrons. The van der Waals surface area contributed by atoms with Crippen molar-refractivity contribution in [1.82, 2.24) is 5.32 Å². The first-order valence-electron chi connectivity index (χ1n) is 7.14. The topological polar surface area (TPSA) is 30.5 Å². The maximum atomic E-state index is 5.41. The number of rotatable bonds is 9. The smallest absolute Gasteiger partial charge is 0.0700 e. The highest BCUT2D eigenvalue weighted by atomic mass is 16.5. The minimum Gasteiger partial charge on any atom is -0.382 e. The van der Waals surface area contributed by atoms with Crippen molar-refractivity contribution in [1.29, 1.82) is 0 Å². The molecule has 1 aliphatic carbocycles. The molecule has 0 heterocycles. The summed E-state index contributed by atoms with van der Waals surface area (Å²) in [6.45, 7) is 6.66. The fourth-order valence-corrected chi connectivity index (χ4v) is 2.54. The van der Waals surface area contributed by atoms with E-state index in [0.29, 0.717) is 13.2 Å². The van der Waals surface area contributed by atoms with E-state index in [9.17, 15) is 0 Å². The highest BCUT2D eigenvalue weighted by Crippen LogP contribution is 2.29. The van der Waals surface area contributed by atoms with Gasteiger partial charge in [0.15, 0.2) is 0 Å². The second-order valence-electron chi connectivity index (χ2n) is 5.10. The van der Waals surface area contributed by atoms with E-state index in [1.807, 2.05) is 0 Å². The Bertz CT molecular complexity index is 168. The van der Waals surface area contributed by atoms with Crippen molar-refractivity contribution in [3.8, 4) is 0 Å². The van der Waals surface area contributed by atoms with Gasteiger partial charge < -0.3 is 14.8 Å². The van der Waals surface area contributed by atoms with E-state index in [-0.39, 0.29) is 0 Å². The fourth-order valence-electron chi connectivity index (χ4n) is 2.54. The van der Waals surface area contributed by atoms with Gasteiger partial charge in [0.25, 0.3) is 0 Å². The van der Waals surface area contributed by atoms with Crippen LogP contribution in [0.4, 0.5) is 0 Å². The first-order valence-corrected chi connectivity index (χ1v) is 7.14. The van der Waals surface area contributed by atoms with Crippen molar-refractivity contribution in [3.63, 3.8) is 0 Å². The summed E-state index contributed by atoms with van der Waals surface area (Å²) in [4.78, 5) is 0. The number of hydrogen-bond acceptors (Lipinski definition) is 3. The van der Waals surface area contributed by atoms with Crippen molar-refractivity contribution >= 4 is 0 Å². The Hall–Kier alpha value is -0.120. The van der Waals surface area contributed by atoms with Crippen LogP contribution in [-0.4, -0.2) is 40.0 Å². The summed E-state index contributed by atoms with van der Waals surface area (Å²) in [6, 6.07) is 0. The summed E-state index contributed by atoms with van der Waals surface area (Å²) < 4.78 is 10.3. The molecule has 17 heavy (non-hydrogen) atoms. The Morgan fingerprint density at radius 2 is 1.71 bits per heavy atom. The Balaban J connectivity index is 1.87. The van der Waals surface area contributed by atoms with Crippen LogP contribution in [0.25, 0.3) is 0 Å². The van der Waals surface area contributed by atoms with Crippen molar-refractivity contribution in [2.24, 2.45) is 11.8 Å². The van der Waals surface area contributed by atoms with Gasteiger partial charge in [0, 0.05) is 13.7 Å². The molecule has 0 bridgehead atoms. The second kappa shape index (κ2) is 9.86.